The second-order valence-corrected chi connectivity index (χ2v) is 12.1. The molecule has 0 aliphatic heterocycles. The summed E-state index contributed by atoms with van der Waals surface area (Å²) < 4.78 is 33.3. The average molecular weight is 571 g/mol. The van der Waals surface area contributed by atoms with Crippen LogP contribution in [0.4, 0.5) is 5.69 Å². The number of anilines is 1. The summed E-state index contributed by atoms with van der Waals surface area (Å²) in [4.78, 5) is 13.4. The second-order valence-electron chi connectivity index (χ2n) is 8.50. The van der Waals surface area contributed by atoms with Gasteiger partial charge in [0.05, 0.1) is 22.3 Å². The normalized spacial score (nSPS) is 12.2. The first kappa shape index (κ1) is 27.7. The van der Waals surface area contributed by atoms with Gasteiger partial charge in [-0.25, -0.2) is 8.42 Å². The maximum absolute atomic E-state index is 13.2. The minimum Gasteiger partial charge on any atom is -0.495 e. The first-order valence-electron chi connectivity index (χ1n) is 11.8. The Morgan fingerprint density at radius 1 is 1.08 bits per heavy atom. The number of para-hydroxylation sites is 1. The Labute approximate surface area is 231 Å². The van der Waals surface area contributed by atoms with Gasteiger partial charge in [0.25, 0.3) is 0 Å². The van der Waals surface area contributed by atoms with Crippen LogP contribution in [0.2, 0.25) is 5.02 Å². The van der Waals surface area contributed by atoms with Crippen LogP contribution in [0.3, 0.4) is 0 Å². The number of methoxy groups -OCH3 is 1. The fourth-order valence-corrected chi connectivity index (χ4v) is 6.21. The summed E-state index contributed by atoms with van der Waals surface area (Å²) in [7, 11) is -2.16. The molecule has 0 aliphatic carbocycles. The third kappa shape index (κ3) is 6.38. The van der Waals surface area contributed by atoms with E-state index in [1.165, 1.54) is 18.9 Å². The van der Waals surface area contributed by atoms with E-state index in [0.717, 1.165) is 5.56 Å². The third-order valence-corrected chi connectivity index (χ3v) is 8.98. The average Bonchev–Trinajstić information content (AvgIpc) is 3.29. The summed E-state index contributed by atoms with van der Waals surface area (Å²) in [5.41, 5.74) is 2.21. The number of amides is 1. The zero-order chi connectivity index (χ0) is 27.3. The molecule has 0 saturated heterocycles. The molecule has 1 aromatic heterocycles. The highest BCUT2D eigenvalue weighted by atomic mass is 35.5. The molecule has 0 radical (unpaired) electrons. The number of thioether (sulfide) groups is 1. The van der Waals surface area contributed by atoms with Gasteiger partial charge in [-0.2, -0.15) is 0 Å². The smallest absolute Gasteiger partial charge is 0.237 e. The molecule has 1 N–H and O–H groups in total. The molecule has 38 heavy (non-hydrogen) atoms. The first-order valence-corrected chi connectivity index (χ1v) is 14.7. The van der Waals surface area contributed by atoms with E-state index in [2.05, 4.69) is 15.5 Å². The Morgan fingerprint density at radius 3 is 2.42 bits per heavy atom. The van der Waals surface area contributed by atoms with Crippen molar-refractivity contribution in [3.63, 3.8) is 0 Å². The quantitative estimate of drug-likeness (QED) is 0.243. The molecule has 1 amide bonds. The van der Waals surface area contributed by atoms with Crippen molar-refractivity contribution in [2.45, 2.75) is 41.3 Å². The fraction of sp³-hybridized carbons (Fsp3) is 0.222. The van der Waals surface area contributed by atoms with Crippen LogP contribution in [0.15, 0.2) is 82.8 Å². The molecule has 1 atom stereocenters. The standard InChI is InChI=1S/C27H27ClN4O4S2/c1-4-24(26(33)29-19-12-15-23(36-3)22(28)16-19)37-27-31-30-25(32(27)20-8-6-5-7-9-20)17-38(34,35)21-13-10-18(2)11-14-21/h5-16,24H,4,17H2,1-3H3,(H,29,33). The lowest BCUT2D eigenvalue weighted by Gasteiger charge is -2.16. The van der Waals surface area contributed by atoms with E-state index >= 15 is 0 Å². The van der Waals surface area contributed by atoms with Crippen LogP contribution in [0.1, 0.15) is 24.7 Å². The Hall–Kier alpha value is -3.34. The van der Waals surface area contributed by atoms with Gasteiger partial charge < -0.3 is 10.1 Å². The number of halogens is 1. The van der Waals surface area contributed by atoms with Crippen LogP contribution in [-0.2, 0) is 20.4 Å². The molecule has 0 saturated carbocycles. The molecule has 0 spiro atoms. The van der Waals surface area contributed by atoms with Crippen molar-refractivity contribution >= 4 is 44.8 Å². The fourth-order valence-electron chi connectivity index (χ4n) is 3.72. The van der Waals surface area contributed by atoms with Crippen molar-refractivity contribution in [2.75, 3.05) is 12.4 Å². The summed E-state index contributed by atoms with van der Waals surface area (Å²) in [5, 5.41) is 11.7. The zero-order valence-electron chi connectivity index (χ0n) is 21.1. The zero-order valence-corrected chi connectivity index (χ0v) is 23.5. The SMILES string of the molecule is CCC(Sc1nnc(CS(=O)(=O)c2ccc(C)cc2)n1-c1ccccc1)C(=O)Nc1ccc(OC)c(Cl)c1. The largest absolute Gasteiger partial charge is 0.495 e. The van der Waals surface area contributed by atoms with Gasteiger partial charge in [-0.05, 0) is 55.8 Å². The second kappa shape index (κ2) is 12.0. The molecule has 0 bridgehead atoms. The van der Waals surface area contributed by atoms with E-state index in [9.17, 15) is 13.2 Å². The van der Waals surface area contributed by atoms with Crippen LogP contribution in [0.25, 0.3) is 5.69 Å². The summed E-state index contributed by atoms with van der Waals surface area (Å²) in [5.74, 6) is 0.188. The van der Waals surface area contributed by atoms with Crippen molar-refractivity contribution in [3.8, 4) is 11.4 Å². The molecule has 1 unspecified atom stereocenters. The molecular formula is C27H27ClN4O4S2. The summed E-state index contributed by atoms with van der Waals surface area (Å²) in [6.45, 7) is 3.79. The molecule has 198 valence electrons. The highest BCUT2D eigenvalue weighted by Gasteiger charge is 2.26. The van der Waals surface area contributed by atoms with Gasteiger partial charge in [0.2, 0.25) is 5.91 Å². The van der Waals surface area contributed by atoms with Crippen LogP contribution < -0.4 is 10.1 Å². The topological polar surface area (TPSA) is 103 Å². The van der Waals surface area contributed by atoms with Gasteiger partial charge in [-0.1, -0.05) is 66.2 Å². The van der Waals surface area contributed by atoms with Crippen molar-refractivity contribution in [1.82, 2.24) is 14.8 Å². The number of rotatable bonds is 10. The van der Waals surface area contributed by atoms with Crippen LogP contribution in [-0.4, -0.2) is 41.4 Å². The Morgan fingerprint density at radius 2 is 1.79 bits per heavy atom. The predicted octanol–water partition coefficient (Wildman–Crippen LogP) is 5.72. The van der Waals surface area contributed by atoms with E-state index in [1.807, 2.05) is 44.2 Å². The summed E-state index contributed by atoms with van der Waals surface area (Å²) >= 11 is 7.42. The number of hydrogen-bond acceptors (Lipinski definition) is 7. The number of hydrogen-bond donors (Lipinski definition) is 1. The number of carbonyl (C=O) groups excluding carboxylic acids is 1. The van der Waals surface area contributed by atoms with Gasteiger partial charge in [0.1, 0.15) is 11.5 Å². The molecular weight excluding hydrogens is 544 g/mol. The Bertz CT molecular complexity index is 1520. The van der Waals surface area contributed by atoms with Gasteiger partial charge in [-0.3, -0.25) is 9.36 Å². The number of aryl methyl sites for hydroxylation is 1. The van der Waals surface area contributed by atoms with Crippen molar-refractivity contribution in [3.05, 3.63) is 89.2 Å². The van der Waals surface area contributed by atoms with Crippen LogP contribution in [0.5, 0.6) is 5.75 Å². The molecule has 8 nitrogen and oxygen atoms in total. The molecule has 0 aliphatic rings. The highest BCUT2D eigenvalue weighted by molar-refractivity contribution is 8.00. The summed E-state index contributed by atoms with van der Waals surface area (Å²) in [6.07, 6.45) is 0.499. The molecule has 4 aromatic rings. The van der Waals surface area contributed by atoms with Crippen molar-refractivity contribution in [1.29, 1.82) is 0 Å². The van der Waals surface area contributed by atoms with E-state index in [0.29, 0.717) is 33.7 Å². The summed E-state index contributed by atoms with van der Waals surface area (Å²) in [6, 6.07) is 21.0. The van der Waals surface area contributed by atoms with Crippen LogP contribution >= 0.6 is 23.4 Å². The first-order chi connectivity index (χ1) is 18.2. The minimum atomic E-state index is -3.68. The predicted molar refractivity (Wildman–Crippen MR) is 150 cm³/mol. The lowest BCUT2D eigenvalue weighted by molar-refractivity contribution is -0.115. The van der Waals surface area contributed by atoms with Gasteiger partial charge >= 0.3 is 0 Å². The molecule has 11 heteroatoms. The number of sulfone groups is 1. The van der Waals surface area contributed by atoms with Crippen LogP contribution in [0, 0.1) is 6.92 Å². The minimum absolute atomic E-state index is 0.212. The lowest BCUT2D eigenvalue weighted by atomic mass is 10.2. The maximum atomic E-state index is 13.2. The number of nitrogens with one attached hydrogen (secondary N) is 1. The number of ether oxygens (including phenoxy) is 1. The number of aromatic nitrogens is 3. The third-order valence-electron chi connectivity index (χ3n) is 5.74. The van der Waals surface area contributed by atoms with E-state index in [4.69, 9.17) is 16.3 Å². The molecule has 3 aromatic carbocycles. The lowest BCUT2D eigenvalue weighted by Crippen LogP contribution is -2.25. The number of benzene rings is 3. The Balaban J connectivity index is 1.62. The monoisotopic (exact) mass is 570 g/mol. The van der Waals surface area contributed by atoms with E-state index < -0.39 is 15.1 Å². The number of nitrogens with zero attached hydrogens (tertiary/aromatic N) is 3. The van der Waals surface area contributed by atoms with E-state index in [1.54, 1.807) is 47.0 Å². The van der Waals surface area contributed by atoms with Gasteiger partial charge in [0.15, 0.2) is 20.8 Å². The molecule has 4 rings (SSSR count). The van der Waals surface area contributed by atoms with Crippen molar-refractivity contribution < 1.29 is 17.9 Å². The molecule has 1 heterocycles. The van der Waals surface area contributed by atoms with Gasteiger partial charge in [0, 0.05) is 11.4 Å². The highest BCUT2D eigenvalue weighted by Crippen LogP contribution is 2.31. The Kier molecular flexibility index (Phi) is 8.76. The van der Waals surface area contributed by atoms with Gasteiger partial charge in [-0.15, -0.1) is 10.2 Å². The van der Waals surface area contributed by atoms with Crippen molar-refractivity contribution in [2.24, 2.45) is 0 Å². The number of carbonyl (C=O) groups is 1. The van der Waals surface area contributed by atoms with E-state index in [-0.39, 0.29) is 22.4 Å². The molecule has 0 fully saturated rings. The maximum Gasteiger partial charge on any atom is 0.237 e.